The van der Waals surface area contributed by atoms with Crippen molar-refractivity contribution in [3.05, 3.63) is 0 Å². The highest BCUT2D eigenvalue weighted by molar-refractivity contribution is 6.07. The van der Waals surface area contributed by atoms with Gasteiger partial charge in [0.15, 0.2) is 0 Å². The summed E-state index contributed by atoms with van der Waals surface area (Å²) < 4.78 is 0. The number of likely N-dealkylation sites (tertiary alicyclic amines) is 1. The molecule has 3 amide bonds. The van der Waals surface area contributed by atoms with Crippen LogP contribution in [-0.4, -0.2) is 35.2 Å². The van der Waals surface area contributed by atoms with Crippen molar-refractivity contribution >= 4 is 17.7 Å². The lowest BCUT2D eigenvalue weighted by Crippen LogP contribution is -2.43. The molecule has 3 unspecified atom stereocenters. The van der Waals surface area contributed by atoms with Crippen LogP contribution in [0.1, 0.15) is 65.7 Å². The van der Waals surface area contributed by atoms with Gasteiger partial charge in [-0.2, -0.15) is 0 Å². The maximum atomic E-state index is 12.3. The Morgan fingerprint density at radius 2 is 1.65 bits per heavy atom. The Labute approximate surface area is 139 Å². The molecule has 0 aromatic carbocycles. The summed E-state index contributed by atoms with van der Waals surface area (Å²) in [5, 5.41) is 2.92. The smallest absolute Gasteiger partial charge is 0.240 e. The summed E-state index contributed by atoms with van der Waals surface area (Å²) in [6, 6.07) is 0.0799. The first-order chi connectivity index (χ1) is 10.9. The van der Waals surface area contributed by atoms with E-state index in [4.69, 9.17) is 0 Å². The monoisotopic (exact) mass is 322 g/mol. The van der Waals surface area contributed by atoms with Crippen LogP contribution in [0.4, 0.5) is 0 Å². The van der Waals surface area contributed by atoms with Crippen molar-refractivity contribution in [2.75, 3.05) is 6.54 Å². The minimum Gasteiger partial charge on any atom is -0.352 e. The van der Waals surface area contributed by atoms with Gasteiger partial charge in [-0.1, -0.05) is 39.5 Å². The van der Waals surface area contributed by atoms with Crippen LogP contribution in [0, 0.1) is 17.8 Å². The Kier molecular flexibility index (Phi) is 6.19. The molecule has 0 bridgehead atoms. The van der Waals surface area contributed by atoms with Crippen LogP contribution in [-0.2, 0) is 14.4 Å². The highest BCUT2D eigenvalue weighted by Gasteiger charge is 2.48. The molecule has 0 spiro atoms. The zero-order valence-corrected chi connectivity index (χ0v) is 14.6. The Morgan fingerprint density at radius 3 is 2.17 bits per heavy atom. The van der Waals surface area contributed by atoms with Crippen molar-refractivity contribution in [2.45, 2.75) is 71.8 Å². The van der Waals surface area contributed by atoms with Crippen LogP contribution in [0.2, 0.25) is 0 Å². The Bertz CT molecular complexity index is 437. The molecule has 5 nitrogen and oxygen atoms in total. The maximum absolute atomic E-state index is 12.3. The first-order valence-electron chi connectivity index (χ1n) is 9.04. The molecule has 1 heterocycles. The summed E-state index contributed by atoms with van der Waals surface area (Å²) in [6.07, 6.45) is 6.74. The lowest BCUT2D eigenvalue weighted by molar-refractivity contribution is -0.143. The van der Waals surface area contributed by atoms with Crippen LogP contribution in [0.15, 0.2) is 0 Å². The highest BCUT2D eigenvalue weighted by atomic mass is 16.2. The molecule has 1 N–H and O–H groups in total. The quantitative estimate of drug-likeness (QED) is 0.732. The average Bonchev–Trinajstić information content (AvgIpc) is 2.72. The van der Waals surface area contributed by atoms with Crippen molar-refractivity contribution in [2.24, 2.45) is 17.8 Å². The number of amides is 3. The van der Waals surface area contributed by atoms with E-state index in [0.717, 1.165) is 44.9 Å². The van der Waals surface area contributed by atoms with E-state index in [1.807, 2.05) is 6.92 Å². The summed E-state index contributed by atoms with van der Waals surface area (Å²) in [7, 11) is 0. The third-order valence-corrected chi connectivity index (χ3v) is 5.06. The van der Waals surface area contributed by atoms with E-state index in [2.05, 4.69) is 19.2 Å². The number of hydrogen-bond donors (Lipinski definition) is 1. The Balaban J connectivity index is 1.80. The van der Waals surface area contributed by atoms with Gasteiger partial charge in [-0.3, -0.25) is 19.3 Å². The molecule has 1 aliphatic heterocycles. The second-order valence-corrected chi connectivity index (χ2v) is 7.55. The molecule has 0 aromatic rings. The van der Waals surface area contributed by atoms with Crippen molar-refractivity contribution < 1.29 is 14.4 Å². The SMILES string of the molecule is CC(C)CCCC(C)NC(=O)CN1C(=O)C2CCCCC2C1=O. The number of carbonyl (C=O) groups is 3. The number of nitrogens with one attached hydrogen (secondary N) is 1. The molecule has 5 heteroatoms. The van der Waals surface area contributed by atoms with Gasteiger partial charge in [0.2, 0.25) is 17.7 Å². The van der Waals surface area contributed by atoms with E-state index >= 15 is 0 Å². The van der Waals surface area contributed by atoms with Crippen LogP contribution >= 0.6 is 0 Å². The summed E-state index contributed by atoms with van der Waals surface area (Å²) in [4.78, 5) is 38.0. The minimum absolute atomic E-state index is 0.0799. The number of rotatable bonds is 7. The molecule has 3 atom stereocenters. The van der Waals surface area contributed by atoms with E-state index in [1.54, 1.807) is 0 Å². The fourth-order valence-corrected chi connectivity index (χ4v) is 3.76. The standard InChI is InChI=1S/C18H30N2O3/c1-12(2)7-6-8-13(3)19-16(21)11-20-17(22)14-9-4-5-10-15(14)18(20)23/h12-15H,4-11H2,1-3H3,(H,19,21). The van der Waals surface area contributed by atoms with Gasteiger partial charge in [-0.05, 0) is 32.1 Å². The third-order valence-electron chi connectivity index (χ3n) is 5.06. The fourth-order valence-electron chi connectivity index (χ4n) is 3.76. The van der Waals surface area contributed by atoms with Crippen molar-refractivity contribution in [3.8, 4) is 0 Å². The number of hydrogen-bond acceptors (Lipinski definition) is 3. The van der Waals surface area contributed by atoms with Crippen LogP contribution in [0.3, 0.4) is 0 Å². The number of imide groups is 1. The third kappa shape index (κ3) is 4.55. The van der Waals surface area contributed by atoms with Gasteiger partial charge in [-0.25, -0.2) is 0 Å². The predicted octanol–water partition coefficient (Wildman–Crippen LogP) is 2.49. The molecule has 23 heavy (non-hydrogen) atoms. The van der Waals surface area contributed by atoms with E-state index in [9.17, 15) is 14.4 Å². The first kappa shape index (κ1) is 18.0. The number of nitrogens with zero attached hydrogens (tertiary/aromatic N) is 1. The summed E-state index contributed by atoms with van der Waals surface area (Å²) in [6.45, 7) is 6.24. The average molecular weight is 322 g/mol. The molecule has 1 saturated carbocycles. The minimum atomic E-state index is -0.220. The van der Waals surface area contributed by atoms with E-state index in [1.165, 1.54) is 4.90 Å². The molecule has 1 aliphatic carbocycles. The fraction of sp³-hybridized carbons (Fsp3) is 0.833. The first-order valence-corrected chi connectivity index (χ1v) is 9.04. The maximum Gasteiger partial charge on any atom is 0.240 e. The second-order valence-electron chi connectivity index (χ2n) is 7.55. The normalized spacial score (nSPS) is 25.7. The van der Waals surface area contributed by atoms with E-state index < -0.39 is 0 Å². The van der Waals surface area contributed by atoms with E-state index in [-0.39, 0.29) is 42.1 Å². The van der Waals surface area contributed by atoms with Gasteiger partial charge in [-0.15, -0.1) is 0 Å². The molecule has 0 radical (unpaired) electrons. The summed E-state index contributed by atoms with van der Waals surface area (Å²) in [5.41, 5.74) is 0. The Morgan fingerprint density at radius 1 is 1.09 bits per heavy atom. The summed E-state index contributed by atoms with van der Waals surface area (Å²) in [5.74, 6) is -0.173. The van der Waals surface area contributed by atoms with E-state index in [0.29, 0.717) is 5.92 Å². The lowest BCUT2D eigenvalue weighted by atomic mass is 9.81. The largest absolute Gasteiger partial charge is 0.352 e. The van der Waals surface area contributed by atoms with Crippen molar-refractivity contribution in [3.63, 3.8) is 0 Å². The lowest BCUT2D eigenvalue weighted by Gasteiger charge is -2.19. The number of fused-ring (bicyclic) bond motifs is 1. The second kappa shape index (κ2) is 7.93. The Hall–Kier alpha value is -1.39. The molecule has 0 aromatic heterocycles. The van der Waals surface area contributed by atoms with Gasteiger partial charge in [0.25, 0.3) is 0 Å². The molecular weight excluding hydrogens is 292 g/mol. The van der Waals surface area contributed by atoms with Gasteiger partial charge < -0.3 is 5.32 Å². The molecular formula is C18H30N2O3. The molecule has 2 rings (SSSR count). The van der Waals surface area contributed by atoms with Crippen LogP contribution < -0.4 is 5.32 Å². The van der Waals surface area contributed by atoms with Crippen molar-refractivity contribution in [1.29, 1.82) is 0 Å². The topological polar surface area (TPSA) is 66.5 Å². The van der Waals surface area contributed by atoms with Gasteiger partial charge in [0.1, 0.15) is 6.54 Å². The highest BCUT2D eigenvalue weighted by Crippen LogP contribution is 2.37. The molecule has 130 valence electrons. The molecule has 2 aliphatic rings. The van der Waals surface area contributed by atoms with Crippen molar-refractivity contribution in [1.82, 2.24) is 10.2 Å². The van der Waals surface area contributed by atoms with Crippen LogP contribution in [0.5, 0.6) is 0 Å². The van der Waals surface area contributed by atoms with Gasteiger partial charge >= 0.3 is 0 Å². The number of carbonyl (C=O) groups excluding carboxylic acids is 3. The summed E-state index contributed by atoms with van der Waals surface area (Å²) >= 11 is 0. The van der Waals surface area contributed by atoms with Gasteiger partial charge in [0, 0.05) is 6.04 Å². The zero-order chi connectivity index (χ0) is 17.0. The molecule has 1 saturated heterocycles. The van der Waals surface area contributed by atoms with Crippen LogP contribution in [0.25, 0.3) is 0 Å². The van der Waals surface area contributed by atoms with Gasteiger partial charge in [0.05, 0.1) is 11.8 Å². The predicted molar refractivity (Wildman–Crippen MR) is 88.5 cm³/mol. The molecule has 2 fully saturated rings. The zero-order valence-electron chi connectivity index (χ0n) is 14.6.